The molecule has 0 fully saturated rings. The van der Waals surface area contributed by atoms with Gasteiger partial charge in [0.1, 0.15) is 0 Å². The fourth-order valence-corrected chi connectivity index (χ4v) is 1.34. The summed E-state index contributed by atoms with van der Waals surface area (Å²) < 4.78 is 21.4. The summed E-state index contributed by atoms with van der Waals surface area (Å²) in [7, 11) is 0. The summed E-state index contributed by atoms with van der Waals surface area (Å²) in [5.74, 6) is 0.0627. The number of hydrogen-bond donors (Lipinski definition) is 1. The Hall–Kier alpha value is -0.690. The molecular weight excluding hydrogens is 274 g/mol. The Morgan fingerprint density at radius 3 is 1.76 bits per heavy atom. The van der Waals surface area contributed by atoms with Crippen molar-refractivity contribution in [2.45, 2.75) is 33.8 Å². The maximum absolute atomic E-state index is 11.2. The van der Waals surface area contributed by atoms with Crippen LogP contribution in [0.5, 0.6) is 0 Å². The molecule has 0 unspecified atom stereocenters. The van der Waals surface area contributed by atoms with E-state index >= 15 is 0 Å². The van der Waals surface area contributed by atoms with Gasteiger partial charge in [0.25, 0.3) is 0 Å². The molecule has 0 saturated carbocycles. The van der Waals surface area contributed by atoms with Crippen molar-refractivity contribution in [3.8, 4) is 0 Å². The number of rotatable bonds is 14. The highest BCUT2D eigenvalue weighted by Gasteiger charge is 2.04. The summed E-state index contributed by atoms with van der Waals surface area (Å²) >= 11 is 0. The van der Waals surface area contributed by atoms with Crippen molar-refractivity contribution in [1.82, 2.24) is 5.32 Å². The lowest BCUT2D eigenvalue weighted by Crippen LogP contribution is -2.31. The van der Waals surface area contributed by atoms with Crippen LogP contribution in [-0.2, 0) is 23.7 Å². The van der Waals surface area contributed by atoms with Gasteiger partial charge in [-0.3, -0.25) is 4.79 Å². The van der Waals surface area contributed by atoms with Gasteiger partial charge < -0.3 is 24.3 Å². The van der Waals surface area contributed by atoms with Crippen molar-refractivity contribution in [2.75, 3.05) is 52.8 Å². The molecule has 126 valence electrons. The molecular formula is C15H31NO5. The molecule has 0 bridgehead atoms. The van der Waals surface area contributed by atoms with Crippen LogP contribution in [-0.4, -0.2) is 64.8 Å². The largest absolute Gasteiger partial charge is 0.377 e. The van der Waals surface area contributed by atoms with Gasteiger partial charge in [-0.05, 0) is 13.8 Å². The molecule has 0 aliphatic heterocycles. The average Bonchev–Trinajstić information content (AvgIpc) is 2.43. The molecule has 21 heavy (non-hydrogen) atoms. The van der Waals surface area contributed by atoms with Crippen molar-refractivity contribution in [3.63, 3.8) is 0 Å². The molecule has 0 heterocycles. The zero-order chi connectivity index (χ0) is 15.9. The molecule has 0 aromatic rings. The molecule has 6 heteroatoms. The summed E-state index contributed by atoms with van der Waals surface area (Å²) in [6, 6.07) is 0. The highest BCUT2D eigenvalue weighted by atomic mass is 16.6. The summed E-state index contributed by atoms with van der Waals surface area (Å²) in [6.45, 7) is 12.1. The standard InChI is InChI=1S/C15H31NO5/c1-13(2)15(17)16-5-6-18-7-8-19-9-10-20-11-12-21-14(3)4/h13-14H,5-12H2,1-4H3,(H,16,17). The lowest BCUT2D eigenvalue weighted by molar-refractivity contribution is -0.124. The first-order valence-corrected chi connectivity index (χ1v) is 7.66. The Morgan fingerprint density at radius 2 is 1.29 bits per heavy atom. The van der Waals surface area contributed by atoms with Gasteiger partial charge in [0.05, 0.1) is 52.4 Å². The molecule has 0 radical (unpaired) electrons. The molecule has 0 aliphatic carbocycles. The summed E-state index contributed by atoms with van der Waals surface area (Å²) in [5, 5.41) is 2.78. The number of hydrogen-bond acceptors (Lipinski definition) is 5. The summed E-state index contributed by atoms with van der Waals surface area (Å²) in [5.41, 5.74) is 0. The Morgan fingerprint density at radius 1 is 0.810 bits per heavy atom. The fraction of sp³-hybridized carbons (Fsp3) is 0.933. The van der Waals surface area contributed by atoms with Crippen LogP contribution in [0.3, 0.4) is 0 Å². The third-order valence-electron chi connectivity index (χ3n) is 2.49. The zero-order valence-electron chi connectivity index (χ0n) is 13.9. The summed E-state index contributed by atoms with van der Waals surface area (Å²) in [4.78, 5) is 11.2. The van der Waals surface area contributed by atoms with Crippen molar-refractivity contribution in [2.24, 2.45) is 5.92 Å². The van der Waals surface area contributed by atoms with Gasteiger partial charge >= 0.3 is 0 Å². The minimum absolute atomic E-state index is 0.0132. The third-order valence-corrected chi connectivity index (χ3v) is 2.49. The van der Waals surface area contributed by atoms with Crippen LogP contribution in [0, 0.1) is 5.92 Å². The number of carbonyl (C=O) groups is 1. The normalized spacial score (nSPS) is 11.3. The molecule has 1 amide bonds. The Bertz CT molecular complexity index is 246. The van der Waals surface area contributed by atoms with Crippen LogP contribution >= 0.6 is 0 Å². The monoisotopic (exact) mass is 305 g/mol. The molecule has 1 N–H and O–H groups in total. The first-order chi connectivity index (χ1) is 10.0. The smallest absolute Gasteiger partial charge is 0.222 e. The van der Waals surface area contributed by atoms with Crippen LogP contribution in [0.4, 0.5) is 0 Å². The van der Waals surface area contributed by atoms with Crippen molar-refractivity contribution >= 4 is 5.91 Å². The van der Waals surface area contributed by atoms with Gasteiger partial charge in [0, 0.05) is 12.5 Å². The SMILES string of the molecule is CC(C)OCCOCCOCCOCCNC(=O)C(C)C. The maximum Gasteiger partial charge on any atom is 0.222 e. The molecule has 0 aromatic heterocycles. The van der Waals surface area contributed by atoms with Gasteiger partial charge in [-0.15, -0.1) is 0 Å². The highest BCUT2D eigenvalue weighted by Crippen LogP contribution is 1.90. The second-order valence-corrected chi connectivity index (χ2v) is 5.20. The lowest BCUT2D eigenvalue weighted by Gasteiger charge is -2.09. The van der Waals surface area contributed by atoms with E-state index < -0.39 is 0 Å². The maximum atomic E-state index is 11.2. The predicted molar refractivity (Wildman–Crippen MR) is 81.4 cm³/mol. The third kappa shape index (κ3) is 15.5. The molecule has 6 nitrogen and oxygen atoms in total. The Labute approximate surface area is 128 Å². The van der Waals surface area contributed by atoms with Crippen LogP contribution in [0.25, 0.3) is 0 Å². The Balaban J connectivity index is 3.08. The molecule has 0 aromatic carbocycles. The molecule has 0 saturated heterocycles. The van der Waals surface area contributed by atoms with E-state index in [2.05, 4.69) is 5.32 Å². The van der Waals surface area contributed by atoms with Gasteiger partial charge in [0.2, 0.25) is 5.91 Å². The second-order valence-electron chi connectivity index (χ2n) is 5.20. The minimum Gasteiger partial charge on any atom is -0.377 e. The molecule has 0 spiro atoms. The van der Waals surface area contributed by atoms with Crippen LogP contribution < -0.4 is 5.32 Å². The quantitative estimate of drug-likeness (QED) is 0.489. The molecule has 0 atom stereocenters. The van der Waals surface area contributed by atoms with E-state index in [9.17, 15) is 4.79 Å². The van der Waals surface area contributed by atoms with E-state index in [1.54, 1.807) is 0 Å². The van der Waals surface area contributed by atoms with E-state index in [4.69, 9.17) is 18.9 Å². The van der Waals surface area contributed by atoms with Gasteiger partial charge in [0.15, 0.2) is 0 Å². The Kier molecular flexibility index (Phi) is 13.8. The van der Waals surface area contributed by atoms with Crippen LogP contribution in [0.1, 0.15) is 27.7 Å². The minimum atomic E-state index is 0.0132. The van der Waals surface area contributed by atoms with E-state index in [0.29, 0.717) is 52.8 Å². The van der Waals surface area contributed by atoms with Gasteiger partial charge in [-0.1, -0.05) is 13.8 Å². The molecule has 0 rings (SSSR count). The van der Waals surface area contributed by atoms with E-state index in [-0.39, 0.29) is 17.9 Å². The number of nitrogens with one attached hydrogen (secondary N) is 1. The lowest BCUT2D eigenvalue weighted by atomic mass is 10.2. The predicted octanol–water partition coefficient (Wildman–Crippen LogP) is 1.23. The topological polar surface area (TPSA) is 66.0 Å². The van der Waals surface area contributed by atoms with Crippen molar-refractivity contribution in [3.05, 3.63) is 0 Å². The zero-order valence-corrected chi connectivity index (χ0v) is 13.9. The second kappa shape index (κ2) is 14.3. The number of ether oxygens (including phenoxy) is 4. The average molecular weight is 305 g/mol. The number of carbonyl (C=O) groups excluding carboxylic acids is 1. The van der Waals surface area contributed by atoms with E-state index in [1.807, 2.05) is 27.7 Å². The number of amides is 1. The van der Waals surface area contributed by atoms with Gasteiger partial charge in [-0.2, -0.15) is 0 Å². The highest BCUT2D eigenvalue weighted by molar-refractivity contribution is 5.77. The first-order valence-electron chi connectivity index (χ1n) is 7.66. The van der Waals surface area contributed by atoms with Crippen molar-refractivity contribution in [1.29, 1.82) is 0 Å². The first kappa shape index (κ1) is 20.3. The summed E-state index contributed by atoms with van der Waals surface area (Å²) in [6.07, 6.45) is 0.243. The van der Waals surface area contributed by atoms with Gasteiger partial charge in [-0.25, -0.2) is 0 Å². The fourth-order valence-electron chi connectivity index (χ4n) is 1.34. The van der Waals surface area contributed by atoms with Crippen LogP contribution in [0.2, 0.25) is 0 Å². The van der Waals surface area contributed by atoms with E-state index in [0.717, 1.165) is 0 Å². The molecule has 0 aliphatic rings. The van der Waals surface area contributed by atoms with E-state index in [1.165, 1.54) is 0 Å². The van der Waals surface area contributed by atoms with Crippen LogP contribution in [0.15, 0.2) is 0 Å². The van der Waals surface area contributed by atoms with Crippen molar-refractivity contribution < 1.29 is 23.7 Å².